The van der Waals surface area contributed by atoms with Gasteiger partial charge in [-0.15, -0.1) is 0 Å². The molecule has 0 aromatic heterocycles. The molecule has 7 heteroatoms. The molecule has 102 valence electrons. The van der Waals surface area contributed by atoms with Crippen molar-refractivity contribution < 1.29 is 27.1 Å². The molecule has 0 aliphatic carbocycles. The van der Waals surface area contributed by atoms with Gasteiger partial charge in [0.25, 0.3) is 0 Å². The average Bonchev–Trinajstić information content (AvgIpc) is 2.30. The second kappa shape index (κ2) is 5.09. The second-order valence-corrected chi connectivity index (χ2v) is 4.43. The molecular weight excluding hydrogens is 257 g/mol. The number of aliphatic hydroxyl groups is 1. The molecule has 0 unspecified atom stereocenters. The summed E-state index contributed by atoms with van der Waals surface area (Å²) in [6.07, 6.45) is 0.0759. The minimum Gasteiger partial charge on any atom is -0.396 e. The van der Waals surface area contributed by atoms with Gasteiger partial charge in [0, 0.05) is 12.1 Å². The van der Waals surface area contributed by atoms with Crippen LogP contribution in [0.4, 0.5) is 27.6 Å². The van der Waals surface area contributed by atoms with Crippen molar-refractivity contribution in [1.82, 2.24) is 0 Å². The van der Waals surface area contributed by atoms with Crippen LogP contribution in [0.3, 0.4) is 0 Å². The Morgan fingerprint density at radius 1 is 0.889 bits per heavy atom. The maximum atomic E-state index is 13.3. The molecule has 0 saturated heterocycles. The molecule has 18 heavy (non-hydrogen) atoms. The molecular formula is C11H12F5NO. The maximum absolute atomic E-state index is 13.3. The van der Waals surface area contributed by atoms with E-state index in [9.17, 15) is 22.0 Å². The van der Waals surface area contributed by atoms with Crippen LogP contribution < -0.4 is 5.32 Å². The summed E-state index contributed by atoms with van der Waals surface area (Å²) < 4.78 is 65.3. The number of hydrogen-bond acceptors (Lipinski definition) is 2. The molecule has 0 heterocycles. The molecule has 1 aromatic rings. The quantitative estimate of drug-likeness (QED) is 0.500. The molecule has 0 saturated carbocycles. The zero-order valence-electron chi connectivity index (χ0n) is 9.75. The summed E-state index contributed by atoms with van der Waals surface area (Å²) in [5.41, 5.74) is -2.11. The first-order chi connectivity index (χ1) is 8.21. The highest BCUT2D eigenvalue weighted by atomic mass is 19.2. The third-order valence-corrected chi connectivity index (χ3v) is 2.41. The molecule has 0 fully saturated rings. The molecule has 0 spiro atoms. The molecule has 2 nitrogen and oxygen atoms in total. The standard InChI is InChI=1S/C11H12F5NO/c1-11(2,3-4-18)17-10-8(15)6(13)5(12)7(14)9(10)16/h17-18H,3-4H2,1-2H3. The van der Waals surface area contributed by atoms with Crippen molar-refractivity contribution in [1.29, 1.82) is 0 Å². The number of aliphatic hydroxyl groups excluding tert-OH is 1. The Morgan fingerprint density at radius 3 is 1.67 bits per heavy atom. The highest BCUT2D eigenvalue weighted by Crippen LogP contribution is 2.29. The predicted octanol–water partition coefficient (Wildman–Crippen LogP) is 2.96. The third kappa shape index (κ3) is 2.72. The van der Waals surface area contributed by atoms with Crippen molar-refractivity contribution in [3.63, 3.8) is 0 Å². The lowest BCUT2D eigenvalue weighted by atomic mass is 10.0. The van der Waals surface area contributed by atoms with Gasteiger partial charge in [0.15, 0.2) is 23.3 Å². The average molecular weight is 269 g/mol. The number of nitrogens with one attached hydrogen (secondary N) is 1. The minimum absolute atomic E-state index is 0.0759. The van der Waals surface area contributed by atoms with Gasteiger partial charge in [-0.2, -0.15) is 0 Å². The first-order valence-electron chi connectivity index (χ1n) is 5.11. The van der Waals surface area contributed by atoms with Gasteiger partial charge in [-0.1, -0.05) is 0 Å². The normalized spacial score (nSPS) is 11.8. The highest BCUT2D eigenvalue weighted by molar-refractivity contribution is 5.49. The van der Waals surface area contributed by atoms with E-state index in [-0.39, 0.29) is 13.0 Å². The number of halogens is 5. The molecule has 0 atom stereocenters. The van der Waals surface area contributed by atoms with E-state index in [4.69, 9.17) is 5.11 Å². The fourth-order valence-electron chi connectivity index (χ4n) is 1.40. The SMILES string of the molecule is CC(C)(CCO)Nc1c(F)c(F)c(F)c(F)c1F. The Labute approximate surface area is 100 Å². The van der Waals surface area contributed by atoms with Gasteiger partial charge >= 0.3 is 0 Å². The second-order valence-electron chi connectivity index (χ2n) is 4.43. The fraction of sp³-hybridized carbons (Fsp3) is 0.455. The predicted molar refractivity (Wildman–Crippen MR) is 55.6 cm³/mol. The molecule has 1 aromatic carbocycles. The van der Waals surface area contributed by atoms with Crippen LogP contribution in [0.5, 0.6) is 0 Å². The maximum Gasteiger partial charge on any atom is 0.200 e. The molecule has 0 radical (unpaired) electrons. The summed E-state index contributed by atoms with van der Waals surface area (Å²) in [6, 6.07) is 0. The van der Waals surface area contributed by atoms with Crippen LogP contribution in [0.15, 0.2) is 0 Å². The van der Waals surface area contributed by atoms with Crippen molar-refractivity contribution >= 4 is 5.69 Å². The number of anilines is 1. The van der Waals surface area contributed by atoms with Crippen molar-refractivity contribution in [3.8, 4) is 0 Å². The smallest absolute Gasteiger partial charge is 0.200 e. The molecule has 2 N–H and O–H groups in total. The van der Waals surface area contributed by atoms with E-state index in [1.165, 1.54) is 13.8 Å². The van der Waals surface area contributed by atoms with Crippen LogP contribution >= 0.6 is 0 Å². The summed E-state index contributed by atoms with van der Waals surface area (Å²) in [5, 5.41) is 10.9. The highest BCUT2D eigenvalue weighted by Gasteiger charge is 2.29. The first-order valence-corrected chi connectivity index (χ1v) is 5.11. The number of hydrogen-bond donors (Lipinski definition) is 2. The van der Waals surface area contributed by atoms with Crippen molar-refractivity contribution in [2.24, 2.45) is 0 Å². The summed E-state index contributed by atoms with van der Waals surface area (Å²) >= 11 is 0. The van der Waals surface area contributed by atoms with E-state index in [2.05, 4.69) is 5.32 Å². The van der Waals surface area contributed by atoms with Crippen LogP contribution in [0.1, 0.15) is 20.3 Å². The number of rotatable bonds is 4. The lowest BCUT2D eigenvalue weighted by Gasteiger charge is -2.27. The van der Waals surface area contributed by atoms with E-state index in [1.807, 2.05) is 0 Å². The van der Waals surface area contributed by atoms with Crippen LogP contribution in [0.2, 0.25) is 0 Å². The zero-order chi connectivity index (χ0) is 14.1. The molecule has 1 rings (SSSR count). The third-order valence-electron chi connectivity index (χ3n) is 2.41. The van der Waals surface area contributed by atoms with Crippen molar-refractivity contribution in [3.05, 3.63) is 29.1 Å². The van der Waals surface area contributed by atoms with E-state index < -0.39 is 40.3 Å². The van der Waals surface area contributed by atoms with Gasteiger partial charge in [0.05, 0.1) is 0 Å². The molecule has 0 amide bonds. The fourth-order valence-corrected chi connectivity index (χ4v) is 1.40. The van der Waals surface area contributed by atoms with Crippen molar-refractivity contribution in [2.45, 2.75) is 25.8 Å². The van der Waals surface area contributed by atoms with Crippen LogP contribution in [0.25, 0.3) is 0 Å². The lowest BCUT2D eigenvalue weighted by Crippen LogP contribution is -2.33. The van der Waals surface area contributed by atoms with E-state index in [0.717, 1.165) is 0 Å². The first kappa shape index (κ1) is 14.7. The largest absolute Gasteiger partial charge is 0.396 e. The monoisotopic (exact) mass is 269 g/mol. The van der Waals surface area contributed by atoms with Crippen LogP contribution in [-0.2, 0) is 0 Å². The molecule has 0 aliphatic heterocycles. The van der Waals surface area contributed by atoms with E-state index in [0.29, 0.717) is 0 Å². The zero-order valence-corrected chi connectivity index (χ0v) is 9.75. The lowest BCUT2D eigenvalue weighted by molar-refractivity contribution is 0.260. The Kier molecular flexibility index (Phi) is 4.16. The molecule has 0 aliphatic rings. The van der Waals surface area contributed by atoms with E-state index in [1.54, 1.807) is 0 Å². The summed E-state index contributed by atoms with van der Waals surface area (Å²) in [7, 11) is 0. The summed E-state index contributed by atoms with van der Waals surface area (Å²) in [5.74, 6) is -10.0. The molecule has 0 bridgehead atoms. The van der Waals surface area contributed by atoms with Gasteiger partial charge in [-0.3, -0.25) is 0 Å². The Balaban J connectivity index is 3.26. The van der Waals surface area contributed by atoms with Crippen LogP contribution in [0, 0.1) is 29.1 Å². The van der Waals surface area contributed by atoms with Gasteiger partial charge in [-0.05, 0) is 20.3 Å². The topological polar surface area (TPSA) is 32.3 Å². The summed E-state index contributed by atoms with van der Waals surface area (Å²) in [4.78, 5) is 0. The van der Waals surface area contributed by atoms with Gasteiger partial charge in [0.2, 0.25) is 5.82 Å². The number of benzene rings is 1. The van der Waals surface area contributed by atoms with E-state index >= 15 is 0 Å². The summed E-state index contributed by atoms with van der Waals surface area (Å²) in [6.45, 7) is 2.62. The van der Waals surface area contributed by atoms with Gasteiger partial charge in [0.1, 0.15) is 5.69 Å². The Bertz CT molecular complexity index is 432. The Morgan fingerprint density at radius 2 is 1.28 bits per heavy atom. The van der Waals surface area contributed by atoms with Gasteiger partial charge in [-0.25, -0.2) is 22.0 Å². The Hall–Kier alpha value is -1.37. The van der Waals surface area contributed by atoms with Crippen molar-refractivity contribution in [2.75, 3.05) is 11.9 Å². The minimum atomic E-state index is -2.20. The van der Waals surface area contributed by atoms with Crippen LogP contribution in [-0.4, -0.2) is 17.3 Å². The van der Waals surface area contributed by atoms with Gasteiger partial charge < -0.3 is 10.4 Å².